The summed E-state index contributed by atoms with van der Waals surface area (Å²) in [7, 11) is 0. The van der Waals surface area contributed by atoms with Gasteiger partial charge in [-0.2, -0.15) is 0 Å². The lowest BCUT2D eigenvalue weighted by molar-refractivity contribution is 0.0214. The minimum atomic E-state index is -0.556. The number of hydrogen-bond acceptors (Lipinski definition) is 6. The average Bonchev–Trinajstić information content (AvgIpc) is 2.99. The van der Waals surface area contributed by atoms with Crippen LogP contribution in [0, 0.1) is 0 Å². The standard InChI is InChI=1S/C23H33N5O2/c1-23(2,3)30-22(29)28(15-18-6-4-5-11-26-18)14-17-9-7-16(8-10-17)12-19-13-20(24)21(25)27-19/h4-11,19-21,27H,12-15,24-25H2,1-3H3. The lowest BCUT2D eigenvalue weighted by Crippen LogP contribution is -2.44. The van der Waals surface area contributed by atoms with Crippen LogP contribution in [0.5, 0.6) is 0 Å². The van der Waals surface area contributed by atoms with E-state index in [9.17, 15) is 4.79 Å². The summed E-state index contributed by atoms with van der Waals surface area (Å²) in [5.41, 5.74) is 14.5. The van der Waals surface area contributed by atoms with Crippen molar-refractivity contribution in [1.29, 1.82) is 0 Å². The Morgan fingerprint density at radius 2 is 1.83 bits per heavy atom. The molecular formula is C23H33N5O2. The van der Waals surface area contributed by atoms with Crippen molar-refractivity contribution in [3.05, 3.63) is 65.5 Å². The molecule has 1 aromatic heterocycles. The van der Waals surface area contributed by atoms with Crippen LogP contribution in [0.4, 0.5) is 4.79 Å². The Morgan fingerprint density at radius 3 is 2.40 bits per heavy atom. The van der Waals surface area contributed by atoms with Crippen molar-refractivity contribution in [2.24, 2.45) is 11.5 Å². The third-order valence-electron chi connectivity index (χ3n) is 5.06. The molecule has 0 radical (unpaired) electrons. The monoisotopic (exact) mass is 411 g/mol. The lowest BCUT2D eigenvalue weighted by Gasteiger charge is -2.27. The fraction of sp³-hybridized carbons (Fsp3) is 0.478. The van der Waals surface area contributed by atoms with Crippen molar-refractivity contribution in [3.8, 4) is 0 Å². The lowest BCUT2D eigenvalue weighted by atomic mass is 10.0. The first-order valence-corrected chi connectivity index (χ1v) is 10.4. The average molecular weight is 412 g/mol. The van der Waals surface area contributed by atoms with Gasteiger partial charge >= 0.3 is 6.09 Å². The van der Waals surface area contributed by atoms with E-state index in [2.05, 4.69) is 34.6 Å². The molecule has 162 valence electrons. The number of nitrogens with zero attached hydrogens (tertiary/aromatic N) is 2. The van der Waals surface area contributed by atoms with Crippen molar-refractivity contribution in [2.75, 3.05) is 0 Å². The minimum absolute atomic E-state index is 0.00301. The van der Waals surface area contributed by atoms with Crippen LogP contribution >= 0.6 is 0 Å². The molecule has 1 aliphatic rings. The fourth-order valence-electron chi connectivity index (χ4n) is 3.57. The van der Waals surface area contributed by atoms with Crippen LogP contribution in [0.25, 0.3) is 0 Å². The number of carbonyl (C=O) groups is 1. The van der Waals surface area contributed by atoms with Crippen molar-refractivity contribution in [2.45, 2.75) is 70.6 Å². The van der Waals surface area contributed by atoms with E-state index >= 15 is 0 Å². The Balaban J connectivity index is 1.66. The molecule has 0 saturated carbocycles. The highest BCUT2D eigenvalue weighted by atomic mass is 16.6. The van der Waals surface area contributed by atoms with Crippen molar-refractivity contribution in [1.82, 2.24) is 15.2 Å². The maximum absolute atomic E-state index is 12.8. The molecule has 7 heteroatoms. The molecule has 5 N–H and O–H groups in total. The van der Waals surface area contributed by atoms with Gasteiger partial charge in [0.05, 0.1) is 18.4 Å². The molecule has 3 atom stereocenters. The maximum Gasteiger partial charge on any atom is 0.410 e. The van der Waals surface area contributed by atoms with E-state index < -0.39 is 5.60 Å². The molecule has 1 saturated heterocycles. The Bertz CT molecular complexity index is 810. The summed E-state index contributed by atoms with van der Waals surface area (Å²) in [6, 6.07) is 14.3. The third kappa shape index (κ3) is 6.52. The van der Waals surface area contributed by atoms with Gasteiger partial charge in [-0.05, 0) is 56.9 Å². The fourth-order valence-corrected chi connectivity index (χ4v) is 3.57. The summed E-state index contributed by atoms with van der Waals surface area (Å²) < 4.78 is 5.60. The zero-order valence-electron chi connectivity index (χ0n) is 18.0. The predicted molar refractivity (Wildman–Crippen MR) is 117 cm³/mol. The number of nitrogens with one attached hydrogen (secondary N) is 1. The third-order valence-corrected chi connectivity index (χ3v) is 5.06. The summed E-state index contributed by atoms with van der Waals surface area (Å²) in [4.78, 5) is 18.8. The maximum atomic E-state index is 12.8. The zero-order chi connectivity index (χ0) is 21.7. The number of benzene rings is 1. The number of ether oxygens (including phenoxy) is 1. The SMILES string of the molecule is CC(C)(C)OC(=O)N(Cc1ccc(CC2CC(N)C(N)N2)cc1)Cc1ccccn1. The van der Waals surface area contributed by atoms with Gasteiger partial charge in [0, 0.05) is 24.8 Å². The molecule has 30 heavy (non-hydrogen) atoms. The number of amides is 1. The van der Waals surface area contributed by atoms with Crippen LogP contribution in [0.1, 0.15) is 44.0 Å². The van der Waals surface area contributed by atoms with Gasteiger partial charge < -0.3 is 16.2 Å². The Kier molecular flexibility index (Phi) is 7.07. The van der Waals surface area contributed by atoms with Crippen molar-refractivity contribution >= 4 is 6.09 Å². The van der Waals surface area contributed by atoms with Crippen LogP contribution in [0.3, 0.4) is 0 Å². The number of pyridine rings is 1. The summed E-state index contributed by atoms with van der Waals surface area (Å²) >= 11 is 0. The molecule has 3 unspecified atom stereocenters. The van der Waals surface area contributed by atoms with Gasteiger partial charge in [-0.15, -0.1) is 0 Å². The predicted octanol–water partition coefficient (Wildman–Crippen LogP) is 2.54. The highest BCUT2D eigenvalue weighted by Crippen LogP contribution is 2.18. The largest absolute Gasteiger partial charge is 0.444 e. The number of carbonyl (C=O) groups excluding carboxylic acids is 1. The molecule has 2 heterocycles. The highest BCUT2D eigenvalue weighted by molar-refractivity contribution is 5.68. The van der Waals surface area contributed by atoms with Gasteiger partial charge in [-0.1, -0.05) is 30.3 Å². The Hall–Kier alpha value is -2.48. The second-order valence-corrected chi connectivity index (χ2v) is 8.97. The van der Waals surface area contributed by atoms with Crippen LogP contribution in [-0.4, -0.2) is 39.8 Å². The highest BCUT2D eigenvalue weighted by Gasteiger charge is 2.28. The summed E-state index contributed by atoms with van der Waals surface area (Å²) in [6.07, 6.45) is 3.00. The molecule has 7 nitrogen and oxygen atoms in total. The second-order valence-electron chi connectivity index (χ2n) is 8.97. The van der Waals surface area contributed by atoms with E-state index in [0.717, 1.165) is 24.1 Å². The smallest absolute Gasteiger partial charge is 0.410 e. The normalized spacial score (nSPS) is 21.4. The number of nitrogens with two attached hydrogens (primary N) is 2. The van der Waals surface area contributed by atoms with Gasteiger partial charge in [-0.3, -0.25) is 15.2 Å². The Morgan fingerprint density at radius 1 is 1.13 bits per heavy atom. The number of rotatable bonds is 6. The topological polar surface area (TPSA) is 106 Å². The molecule has 3 rings (SSSR count). The molecule has 1 aliphatic heterocycles. The molecule has 0 spiro atoms. The van der Waals surface area contributed by atoms with Crippen molar-refractivity contribution < 1.29 is 9.53 Å². The quantitative estimate of drug-likeness (QED) is 0.674. The van der Waals surface area contributed by atoms with Crippen LogP contribution in [0.15, 0.2) is 48.7 Å². The van der Waals surface area contributed by atoms with Crippen LogP contribution in [0.2, 0.25) is 0 Å². The molecular weight excluding hydrogens is 378 g/mol. The zero-order valence-corrected chi connectivity index (χ0v) is 18.0. The van der Waals surface area contributed by atoms with Gasteiger partial charge in [-0.25, -0.2) is 4.79 Å². The Labute approximate surface area is 178 Å². The number of aromatic nitrogens is 1. The van der Waals surface area contributed by atoms with Gasteiger partial charge in [0.2, 0.25) is 0 Å². The van der Waals surface area contributed by atoms with Gasteiger partial charge in [0.25, 0.3) is 0 Å². The number of hydrogen-bond donors (Lipinski definition) is 3. The van der Waals surface area contributed by atoms with Crippen LogP contribution < -0.4 is 16.8 Å². The van der Waals surface area contributed by atoms with Gasteiger partial charge in [0.15, 0.2) is 0 Å². The molecule has 1 fully saturated rings. The second kappa shape index (κ2) is 9.55. The first-order chi connectivity index (χ1) is 14.2. The first kappa shape index (κ1) is 22.2. The summed E-state index contributed by atoms with van der Waals surface area (Å²) in [6.45, 7) is 6.44. The van der Waals surface area contributed by atoms with E-state index in [4.69, 9.17) is 16.2 Å². The minimum Gasteiger partial charge on any atom is -0.444 e. The molecule has 0 aliphatic carbocycles. The summed E-state index contributed by atoms with van der Waals surface area (Å²) in [5, 5.41) is 3.34. The molecule has 2 aromatic rings. The van der Waals surface area contributed by atoms with E-state index in [1.807, 2.05) is 39.0 Å². The van der Waals surface area contributed by atoms with E-state index in [0.29, 0.717) is 19.1 Å². The summed E-state index contributed by atoms with van der Waals surface area (Å²) in [5.74, 6) is 0. The van der Waals surface area contributed by atoms with Crippen LogP contribution in [-0.2, 0) is 24.2 Å². The molecule has 0 bridgehead atoms. The van der Waals surface area contributed by atoms with Gasteiger partial charge in [0.1, 0.15) is 5.60 Å². The molecule has 1 amide bonds. The molecule has 1 aromatic carbocycles. The van der Waals surface area contributed by atoms with E-state index in [1.54, 1.807) is 11.1 Å². The van der Waals surface area contributed by atoms with E-state index in [-0.39, 0.29) is 18.3 Å². The van der Waals surface area contributed by atoms with Crippen molar-refractivity contribution in [3.63, 3.8) is 0 Å². The van der Waals surface area contributed by atoms with E-state index in [1.165, 1.54) is 5.56 Å². The first-order valence-electron chi connectivity index (χ1n) is 10.4.